The number of carbonyl (C=O) groups is 12. The van der Waals surface area contributed by atoms with Gasteiger partial charge in [-0.25, -0.2) is 4.79 Å². The Morgan fingerprint density at radius 3 is 1.52 bits per heavy atom. The molecular formula is C66H118N12O15. The molecule has 0 saturated carbocycles. The summed E-state index contributed by atoms with van der Waals surface area (Å²) >= 11 is 0. The standard InChI is InChI=1S/C66H118N12O15/c1-25-27-30-42(13)55(80)54-59(84)70-46(26-2)61(86)72(18)36-50(79)76(22)53(45(16)92-31-28-29-32-93-66(91)67-17)58(83)71-51(40(9)10)64(89)73(19)47(33-37(3)4)57(82)68-43(14)56(81)69-44(15)60(85)74(20)48(34-38(5)6)62(87)75(21)49(35-39(7)8)63(88)77(23)52(41(11)12)65(90)78(54)24/h25,27,37-49,51-55,80H,26,28-36H2,1-24H3,(H,67,91)(H,68,82)(H,69,81)(H,70,84)(H,71,83)/b27-25+/t42-,43+,44+,45-,46+,47-,48+,49-,51+,52+,53+,54+,55-/m1/s1. The molecule has 0 aliphatic carbocycles. The average Bonchev–Trinajstić information content (AvgIpc) is 0.825. The van der Waals surface area contributed by atoms with Gasteiger partial charge in [-0.1, -0.05) is 95.2 Å². The number of hydrogen-bond acceptors (Lipinski definition) is 15. The molecule has 1 aliphatic rings. The molecule has 93 heavy (non-hydrogen) atoms. The molecule has 0 radical (unpaired) electrons. The molecule has 12 amide bonds. The van der Waals surface area contributed by atoms with Crippen molar-refractivity contribution in [3.63, 3.8) is 0 Å². The minimum atomic E-state index is -1.65. The number of aliphatic hydroxyl groups excluding tert-OH is 1. The first-order valence-electron chi connectivity index (χ1n) is 33.0. The third kappa shape index (κ3) is 24.7. The summed E-state index contributed by atoms with van der Waals surface area (Å²) in [5.41, 5.74) is 0. The number of rotatable bonds is 20. The zero-order valence-corrected chi connectivity index (χ0v) is 60.4. The number of amides is 12. The second kappa shape index (κ2) is 39.7. The fraction of sp³-hybridized carbons (Fsp3) is 0.788. The SMILES string of the molecule is C/C=C/C[C@@H](C)[C@@H](O)[C@H]1C(=O)N[C@@H](CC)C(=O)N(C)CC(=O)N(C)[C@@H]([C@@H](C)OCCCCOC(=O)NC)C(=O)N[C@@H](C(C)C)C(=O)N(C)[C@H](CC(C)C)C(=O)N[C@@H](C)C(=O)N[C@@H](C)C(=O)N(C)[C@@H](CC(C)C)C(=O)N(C)[C@H](CC(C)C)C(=O)N(C)[C@@H](C(C)C)C(=O)N1C. The van der Waals surface area contributed by atoms with Gasteiger partial charge in [0.25, 0.3) is 0 Å². The van der Waals surface area contributed by atoms with Gasteiger partial charge in [-0.05, 0) is 108 Å². The minimum absolute atomic E-state index is 0.0270. The number of alkyl carbamates (subject to hydrolysis) is 1. The van der Waals surface area contributed by atoms with Crippen LogP contribution in [0.2, 0.25) is 0 Å². The van der Waals surface area contributed by atoms with E-state index in [1.165, 1.54) is 89.8 Å². The van der Waals surface area contributed by atoms with Crippen LogP contribution in [-0.4, -0.2) is 259 Å². The summed E-state index contributed by atoms with van der Waals surface area (Å²) in [6.45, 7) is 26.9. The van der Waals surface area contributed by atoms with Gasteiger partial charge in [0.05, 0.1) is 25.4 Å². The molecule has 6 N–H and O–H groups in total. The molecule has 532 valence electrons. The first kappa shape index (κ1) is 84.1. The van der Waals surface area contributed by atoms with Crippen molar-refractivity contribution in [2.24, 2.45) is 35.5 Å². The molecule has 0 aromatic rings. The van der Waals surface area contributed by atoms with E-state index in [2.05, 4.69) is 26.6 Å². The number of hydrogen-bond donors (Lipinski definition) is 6. The van der Waals surface area contributed by atoms with Gasteiger partial charge in [0, 0.05) is 63.0 Å². The molecule has 0 aromatic carbocycles. The van der Waals surface area contributed by atoms with E-state index in [0.717, 1.165) is 14.7 Å². The van der Waals surface area contributed by atoms with Crippen molar-refractivity contribution >= 4 is 71.1 Å². The number of carbonyl (C=O) groups excluding carboxylic acids is 12. The van der Waals surface area contributed by atoms with Crippen LogP contribution in [0.5, 0.6) is 0 Å². The predicted molar refractivity (Wildman–Crippen MR) is 354 cm³/mol. The van der Waals surface area contributed by atoms with Crippen molar-refractivity contribution in [2.75, 3.05) is 76.1 Å². The molecule has 0 unspecified atom stereocenters. The van der Waals surface area contributed by atoms with Gasteiger partial charge in [0.15, 0.2) is 0 Å². The lowest BCUT2D eigenvalue weighted by Gasteiger charge is -2.41. The first-order valence-corrected chi connectivity index (χ1v) is 33.0. The molecule has 0 bridgehead atoms. The zero-order valence-electron chi connectivity index (χ0n) is 60.4. The summed E-state index contributed by atoms with van der Waals surface area (Å²) in [4.78, 5) is 182. The summed E-state index contributed by atoms with van der Waals surface area (Å²) in [5, 5.41) is 25.4. The molecule has 1 rings (SSSR count). The van der Waals surface area contributed by atoms with Crippen molar-refractivity contribution in [1.29, 1.82) is 0 Å². The highest BCUT2D eigenvalue weighted by molar-refractivity contribution is 5.99. The minimum Gasteiger partial charge on any atom is -0.450 e. The van der Waals surface area contributed by atoms with Crippen LogP contribution >= 0.6 is 0 Å². The maximum Gasteiger partial charge on any atom is 0.406 e. The van der Waals surface area contributed by atoms with E-state index < -0.39 is 168 Å². The second-order valence-electron chi connectivity index (χ2n) is 27.1. The Balaban J connectivity index is 4.37. The summed E-state index contributed by atoms with van der Waals surface area (Å²) in [7, 11) is 11.1. The molecule has 13 atom stereocenters. The topological polar surface area (TPSA) is 326 Å². The highest BCUT2D eigenvalue weighted by Gasteiger charge is 2.46. The number of aliphatic hydroxyl groups is 1. The lowest BCUT2D eigenvalue weighted by molar-refractivity contribution is -0.157. The molecule has 1 saturated heterocycles. The lowest BCUT2D eigenvalue weighted by Crippen LogP contribution is -2.63. The summed E-state index contributed by atoms with van der Waals surface area (Å²) in [6, 6.07) is -13.1. The highest BCUT2D eigenvalue weighted by Crippen LogP contribution is 2.26. The van der Waals surface area contributed by atoms with Crippen molar-refractivity contribution < 1.29 is 72.1 Å². The van der Waals surface area contributed by atoms with Gasteiger partial charge in [0.2, 0.25) is 65.0 Å². The van der Waals surface area contributed by atoms with E-state index in [1.807, 2.05) is 41.5 Å². The Kier molecular flexibility index (Phi) is 35.9. The van der Waals surface area contributed by atoms with Crippen molar-refractivity contribution in [3.8, 4) is 0 Å². The van der Waals surface area contributed by atoms with Gasteiger partial charge in [0.1, 0.15) is 60.4 Å². The van der Waals surface area contributed by atoms with E-state index >= 15 is 14.4 Å². The molecule has 1 fully saturated rings. The fourth-order valence-electron chi connectivity index (χ4n) is 11.3. The Labute approximate surface area is 554 Å². The van der Waals surface area contributed by atoms with Crippen LogP contribution in [0.4, 0.5) is 4.79 Å². The van der Waals surface area contributed by atoms with E-state index in [4.69, 9.17) is 9.47 Å². The van der Waals surface area contributed by atoms with Crippen LogP contribution in [0, 0.1) is 35.5 Å². The van der Waals surface area contributed by atoms with Gasteiger partial charge in [-0.15, -0.1) is 0 Å². The molecule has 1 heterocycles. The third-order valence-corrected chi connectivity index (χ3v) is 17.1. The lowest BCUT2D eigenvalue weighted by atomic mass is 9.91. The average molecular weight is 1320 g/mol. The normalized spacial score (nSPS) is 25.8. The van der Waals surface area contributed by atoms with Crippen molar-refractivity contribution in [3.05, 3.63) is 12.2 Å². The highest BCUT2D eigenvalue weighted by atomic mass is 16.5. The summed E-state index contributed by atoms with van der Waals surface area (Å²) in [6.07, 6.45) is 1.71. The van der Waals surface area contributed by atoms with Crippen LogP contribution in [0.3, 0.4) is 0 Å². The van der Waals surface area contributed by atoms with E-state index in [-0.39, 0.29) is 63.1 Å². The van der Waals surface area contributed by atoms with Crippen LogP contribution < -0.4 is 26.6 Å². The first-order chi connectivity index (χ1) is 43.2. The maximum absolute atomic E-state index is 15.2. The van der Waals surface area contributed by atoms with E-state index in [9.17, 15) is 48.3 Å². The molecule has 0 spiro atoms. The number of nitrogens with zero attached hydrogens (tertiary/aromatic N) is 7. The Bertz CT molecular complexity index is 2550. The van der Waals surface area contributed by atoms with Gasteiger partial charge in [-0.3, -0.25) is 52.7 Å². The zero-order chi connectivity index (χ0) is 71.8. The second-order valence-corrected chi connectivity index (χ2v) is 27.1. The van der Waals surface area contributed by atoms with Gasteiger partial charge < -0.3 is 75.5 Å². The van der Waals surface area contributed by atoms with E-state index in [1.54, 1.807) is 67.5 Å². The Morgan fingerprint density at radius 1 is 0.548 bits per heavy atom. The molecule has 0 aromatic heterocycles. The molecule has 1 aliphatic heterocycles. The van der Waals surface area contributed by atoms with Crippen molar-refractivity contribution in [2.45, 2.75) is 228 Å². The number of ether oxygens (including phenoxy) is 2. The van der Waals surface area contributed by atoms with Crippen LogP contribution in [-0.2, 0) is 62.2 Å². The fourth-order valence-corrected chi connectivity index (χ4v) is 11.3. The molecule has 27 heteroatoms. The summed E-state index contributed by atoms with van der Waals surface area (Å²) < 4.78 is 11.2. The van der Waals surface area contributed by atoms with Crippen LogP contribution in [0.25, 0.3) is 0 Å². The van der Waals surface area contributed by atoms with Gasteiger partial charge >= 0.3 is 6.09 Å². The third-order valence-electron chi connectivity index (χ3n) is 17.1. The number of unbranched alkanes of at least 4 members (excludes halogenated alkanes) is 1. The van der Waals surface area contributed by atoms with E-state index in [0.29, 0.717) is 12.8 Å². The van der Waals surface area contributed by atoms with Crippen LogP contribution in [0.15, 0.2) is 12.2 Å². The molecular weight excluding hydrogens is 1200 g/mol. The Morgan fingerprint density at radius 2 is 1.02 bits per heavy atom. The Hall–Kier alpha value is -6.90. The maximum atomic E-state index is 15.2. The van der Waals surface area contributed by atoms with Gasteiger partial charge in [-0.2, -0.15) is 0 Å². The number of likely N-dealkylation sites (N-methyl/N-ethyl adjacent to an activating group) is 7. The van der Waals surface area contributed by atoms with Crippen molar-refractivity contribution in [1.82, 2.24) is 60.9 Å². The monoisotopic (exact) mass is 1320 g/mol. The molecule has 27 nitrogen and oxygen atoms in total. The van der Waals surface area contributed by atoms with Crippen LogP contribution in [0.1, 0.15) is 156 Å². The smallest absolute Gasteiger partial charge is 0.406 e. The predicted octanol–water partition coefficient (Wildman–Crippen LogP) is 2.76. The quantitative estimate of drug-likeness (QED) is 0.0754. The summed E-state index contributed by atoms with van der Waals surface area (Å²) in [5.74, 6) is -10.4. The largest absolute Gasteiger partial charge is 0.450 e. The number of allylic oxidation sites excluding steroid dienone is 2. The number of nitrogens with one attached hydrogen (secondary N) is 5.